The molecule has 24 heavy (non-hydrogen) atoms. The molecule has 0 saturated heterocycles. The summed E-state index contributed by atoms with van der Waals surface area (Å²) >= 11 is 0. The third kappa shape index (κ3) is 2.68. The summed E-state index contributed by atoms with van der Waals surface area (Å²) in [7, 11) is 0. The minimum atomic E-state index is -0.451. The Kier molecular flexibility index (Phi) is 4.69. The van der Waals surface area contributed by atoms with Gasteiger partial charge in [-0.2, -0.15) is 0 Å². The monoisotopic (exact) mass is 334 g/mol. The molecule has 2 bridgehead atoms. The zero-order valence-corrected chi connectivity index (χ0v) is 16.6. The molecular weight excluding hydrogens is 296 g/mol. The standard InChI is InChI=1S/C22H38O2/c1-13-7-8-16-12-19-14(2)11-17(15(3)23)20(24)22(19,6)10-9-18(13)21(16,4)5/h13-14,16-20,24H,7-12H2,1-6H3/t13-,14-,16+,17?,18+,19-,20?,22+/m1/s1. The van der Waals surface area contributed by atoms with Crippen molar-refractivity contribution in [3.63, 3.8) is 0 Å². The van der Waals surface area contributed by atoms with E-state index in [1.165, 1.54) is 25.7 Å². The van der Waals surface area contributed by atoms with Gasteiger partial charge in [-0.3, -0.25) is 4.79 Å². The normalized spacial score (nSPS) is 51.2. The van der Waals surface area contributed by atoms with E-state index in [4.69, 9.17) is 0 Å². The molecule has 8 atom stereocenters. The number of Topliss-reactive ketones (excluding diaryl/α,β-unsaturated/α-hetero) is 1. The van der Waals surface area contributed by atoms with Gasteiger partial charge in [0.25, 0.3) is 0 Å². The summed E-state index contributed by atoms with van der Waals surface area (Å²) in [6.07, 6.45) is 6.68. The molecule has 1 N–H and O–H groups in total. The lowest BCUT2D eigenvalue weighted by Crippen LogP contribution is -2.56. The Morgan fingerprint density at radius 1 is 0.958 bits per heavy atom. The molecular formula is C22H38O2. The number of rotatable bonds is 1. The van der Waals surface area contributed by atoms with Crippen LogP contribution >= 0.6 is 0 Å². The molecule has 3 fully saturated rings. The second kappa shape index (κ2) is 6.11. The fourth-order valence-electron chi connectivity index (χ4n) is 7.17. The average Bonchev–Trinajstić information content (AvgIpc) is 2.48. The molecule has 3 aliphatic rings. The summed E-state index contributed by atoms with van der Waals surface area (Å²) in [5, 5.41) is 11.2. The van der Waals surface area contributed by atoms with Crippen molar-refractivity contribution in [2.75, 3.05) is 0 Å². The predicted octanol–water partition coefficient (Wildman–Crippen LogP) is 5.09. The summed E-state index contributed by atoms with van der Waals surface area (Å²) in [6, 6.07) is 0. The second-order valence-electron chi connectivity index (χ2n) is 10.4. The highest BCUT2D eigenvalue weighted by Gasteiger charge is 2.56. The molecule has 2 nitrogen and oxygen atoms in total. The Morgan fingerprint density at radius 2 is 1.62 bits per heavy atom. The zero-order chi connectivity index (χ0) is 17.9. The van der Waals surface area contributed by atoms with Crippen LogP contribution in [0.15, 0.2) is 0 Å². The summed E-state index contributed by atoms with van der Waals surface area (Å²) in [4.78, 5) is 12.1. The predicted molar refractivity (Wildman–Crippen MR) is 98.6 cm³/mol. The summed E-state index contributed by atoms with van der Waals surface area (Å²) < 4.78 is 0. The van der Waals surface area contributed by atoms with E-state index in [9.17, 15) is 9.90 Å². The van der Waals surface area contributed by atoms with Gasteiger partial charge >= 0.3 is 0 Å². The highest BCUT2D eigenvalue weighted by atomic mass is 16.3. The van der Waals surface area contributed by atoms with Crippen LogP contribution in [-0.4, -0.2) is 17.0 Å². The van der Waals surface area contributed by atoms with Crippen LogP contribution in [0.5, 0.6) is 0 Å². The first-order valence-corrected chi connectivity index (χ1v) is 10.3. The minimum Gasteiger partial charge on any atom is -0.392 e. The molecule has 3 saturated carbocycles. The highest BCUT2D eigenvalue weighted by Crippen LogP contribution is 2.60. The van der Waals surface area contributed by atoms with Crippen LogP contribution in [0.2, 0.25) is 0 Å². The number of ketones is 1. The third-order valence-electron chi connectivity index (χ3n) is 8.94. The van der Waals surface area contributed by atoms with Crippen molar-refractivity contribution in [1.29, 1.82) is 0 Å². The lowest BCUT2D eigenvalue weighted by molar-refractivity contribution is -0.157. The van der Waals surface area contributed by atoms with Gasteiger partial charge in [0.2, 0.25) is 0 Å². The summed E-state index contributed by atoms with van der Waals surface area (Å²) in [6.45, 7) is 13.7. The van der Waals surface area contributed by atoms with Gasteiger partial charge in [-0.15, -0.1) is 0 Å². The van der Waals surface area contributed by atoms with Crippen LogP contribution in [0.4, 0.5) is 0 Å². The van der Waals surface area contributed by atoms with Gasteiger partial charge in [0.1, 0.15) is 5.78 Å². The molecule has 0 spiro atoms. The molecule has 2 unspecified atom stereocenters. The zero-order valence-electron chi connectivity index (χ0n) is 16.6. The SMILES string of the molecule is CC(=O)C1C[C@@H](C)[C@H]2C[C@@H]3CC[C@@H](C)[C@H](CC[C@]2(C)C1O)C3(C)C. The first-order chi connectivity index (χ1) is 11.1. The first kappa shape index (κ1) is 18.4. The van der Waals surface area contributed by atoms with Crippen molar-refractivity contribution in [2.45, 2.75) is 86.2 Å². The Balaban J connectivity index is 1.96. The number of aliphatic hydroxyl groups is 1. The maximum atomic E-state index is 12.1. The van der Waals surface area contributed by atoms with Gasteiger partial charge < -0.3 is 5.11 Å². The van der Waals surface area contributed by atoms with E-state index in [-0.39, 0.29) is 17.1 Å². The Labute approximate surface area is 148 Å². The second-order valence-corrected chi connectivity index (χ2v) is 10.4. The van der Waals surface area contributed by atoms with Crippen LogP contribution in [0.3, 0.4) is 0 Å². The van der Waals surface area contributed by atoms with Gasteiger partial charge in [-0.05, 0) is 79.4 Å². The maximum Gasteiger partial charge on any atom is 0.135 e. The highest BCUT2D eigenvalue weighted by molar-refractivity contribution is 5.79. The summed E-state index contributed by atoms with van der Waals surface area (Å²) in [5.41, 5.74) is 0.332. The van der Waals surface area contributed by atoms with Gasteiger partial charge in [0.05, 0.1) is 6.10 Å². The number of hydrogen-bond acceptors (Lipinski definition) is 2. The van der Waals surface area contributed by atoms with E-state index in [1.807, 2.05) is 0 Å². The Bertz CT molecular complexity index is 496. The van der Waals surface area contributed by atoms with Crippen molar-refractivity contribution in [2.24, 2.45) is 46.3 Å². The fourth-order valence-corrected chi connectivity index (χ4v) is 7.17. The molecule has 3 rings (SSSR count). The lowest BCUT2D eigenvalue weighted by atomic mass is 9.47. The molecule has 0 amide bonds. The number of fused-ring (bicyclic) bond motifs is 3. The van der Waals surface area contributed by atoms with Crippen molar-refractivity contribution >= 4 is 5.78 Å². The fraction of sp³-hybridized carbons (Fsp3) is 0.955. The van der Waals surface area contributed by atoms with Crippen molar-refractivity contribution in [1.82, 2.24) is 0 Å². The molecule has 2 heteroatoms. The van der Waals surface area contributed by atoms with Crippen LogP contribution in [0.1, 0.15) is 80.1 Å². The molecule has 0 radical (unpaired) electrons. The molecule has 0 aromatic heterocycles. The molecule has 0 aromatic rings. The smallest absolute Gasteiger partial charge is 0.135 e. The van der Waals surface area contributed by atoms with E-state index in [2.05, 4.69) is 34.6 Å². The van der Waals surface area contributed by atoms with Crippen LogP contribution in [-0.2, 0) is 4.79 Å². The molecule has 3 aliphatic carbocycles. The third-order valence-corrected chi connectivity index (χ3v) is 8.94. The van der Waals surface area contributed by atoms with E-state index in [1.54, 1.807) is 6.92 Å². The molecule has 0 aliphatic heterocycles. The summed E-state index contributed by atoms with van der Waals surface area (Å²) in [5.74, 6) is 3.45. The number of hydrogen-bond donors (Lipinski definition) is 1. The average molecular weight is 335 g/mol. The van der Waals surface area contributed by atoms with Gasteiger partial charge in [-0.25, -0.2) is 0 Å². The quantitative estimate of drug-likeness (QED) is 0.725. The van der Waals surface area contributed by atoms with Crippen LogP contribution in [0, 0.1) is 46.3 Å². The van der Waals surface area contributed by atoms with Gasteiger partial charge in [-0.1, -0.05) is 41.0 Å². The Morgan fingerprint density at radius 3 is 2.25 bits per heavy atom. The topological polar surface area (TPSA) is 37.3 Å². The minimum absolute atomic E-state index is 0.0853. The number of carbonyl (C=O) groups excluding carboxylic acids is 1. The number of aliphatic hydroxyl groups excluding tert-OH is 1. The van der Waals surface area contributed by atoms with E-state index < -0.39 is 6.10 Å². The molecule has 138 valence electrons. The Hall–Kier alpha value is -0.370. The maximum absolute atomic E-state index is 12.1. The van der Waals surface area contributed by atoms with Crippen LogP contribution < -0.4 is 0 Å². The van der Waals surface area contributed by atoms with E-state index >= 15 is 0 Å². The van der Waals surface area contributed by atoms with Crippen molar-refractivity contribution in [3.05, 3.63) is 0 Å². The van der Waals surface area contributed by atoms with Crippen molar-refractivity contribution < 1.29 is 9.90 Å². The lowest BCUT2D eigenvalue weighted by Gasteiger charge is -2.59. The largest absolute Gasteiger partial charge is 0.392 e. The molecule has 0 aromatic carbocycles. The first-order valence-electron chi connectivity index (χ1n) is 10.3. The van der Waals surface area contributed by atoms with E-state index in [0.29, 0.717) is 17.3 Å². The van der Waals surface area contributed by atoms with Gasteiger partial charge in [0, 0.05) is 5.92 Å². The van der Waals surface area contributed by atoms with E-state index in [0.717, 1.165) is 30.6 Å². The van der Waals surface area contributed by atoms with Crippen LogP contribution in [0.25, 0.3) is 0 Å². The van der Waals surface area contributed by atoms with Crippen molar-refractivity contribution in [3.8, 4) is 0 Å². The molecule has 0 heterocycles. The van der Waals surface area contributed by atoms with Gasteiger partial charge in [0.15, 0.2) is 0 Å². The number of carbonyl (C=O) groups is 1.